The second kappa shape index (κ2) is 6.60. The van der Waals surface area contributed by atoms with Gasteiger partial charge in [0.15, 0.2) is 0 Å². The van der Waals surface area contributed by atoms with Crippen molar-refractivity contribution in [1.29, 1.82) is 0 Å². The van der Waals surface area contributed by atoms with Crippen molar-refractivity contribution in [1.82, 2.24) is 4.98 Å². The van der Waals surface area contributed by atoms with Crippen molar-refractivity contribution in [2.75, 3.05) is 18.0 Å². The van der Waals surface area contributed by atoms with Crippen molar-refractivity contribution in [3.05, 3.63) is 22.3 Å². The number of halogens is 2. The van der Waals surface area contributed by atoms with E-state index in [1.165, 1.54) is 25.7 Å². The lowest BCUT2D eigenvalue weighted by Gasteiger charge is -2.30. The molecule has 0 radical (unpaired) electrons. The summed E-state index contributed by atoms with van der Waals surface area (Å²) in [5, 5.41) is 1.21. The summed E-state index contributed by atoms with van der Waals surface area (Å²) in [4.78, 5) is 6.70. The Balaban J connectivity index is 2.20. The zero-order valence-corrected chi connectivity index (χ0v) is 11.9. The summed E-state index contributed by atoms with van der Waals surface area (Å²) in [5.74, 6) is 0.849. The van der Waals surface area contributed by atoms with Crippen molar-refractivity contribution in [2.45, 2.75) is 38.1 Å². The molecule has 100 valence electrons. The molecule has 1 aliphatic rings. The van der Waals surface area contributed by atoms with E-state index in [4.69, 9.17) is 28.9 Å². The molecule has 18 heavy (non-hydrogen) atoms. The van der Waals surface area contributed by atoms with Crippen LogP contribution in [0.25, 0.3) is 0 Å². The molecule has 0 saturated heterocycles. The summed E-state index contributed by atoms with van der Waals surface area (Å²) < 4.78 is 0. The number of nitrogens with zero attached hydrogens (tertiary/aromatic N) is 2. The molecule has 1 saturated carbocycles. The molecule has 1 aromatic heterocycles. The fourth-order valence-corrected chi connectivity index (χ4v) is 3.05. The SMILES string of the molecule is NCCCN(c1ncc(Cl)cc1Cl)C1CCCC1. The third-order valence-corrected chi connectivity index (χ3v) is 3.91. The lowest BCUT2D eigenvalue weighted by Crippen LogP contribution is -2.35. The molecule has 2 N–H and O–H groups in total. The van der Waals surface area contributed by atoms with Crippen molar-refractivity contribution in [3.8, 4) is 0 Å². The zero-order chi connectivity index (χ0) is 13.0. The van der Waals surface area contributed by atoms with Crippen LogP contribution in [0.1, 0.15) is 32.1 Å². The van der Waals surface area contributed by atoms with Crippen molar-refractivity contribution in [3.63, 3.8) is 0 Å². The minimum atomic E-state index is 0.544. The van der Waals surface area contributed by atoms with Gasteiger partial charge in [0, 0.05) is 18.8 Å². The fourth-order valence-electron chi connectivity index (χ4n) is 2.56. The van der Waals surface area contributed by atoms with Crippen LogP contribution in [0, 0.1) is 0 Å². The van der Waals surface area contributed by atoms with Gasteiger partial charge in [0.2, 0.25) is 0 Å². The van der Waals surface area contributed by atoms with Gasteiger partial charge < -0.3 is 10.6 Å². The van der Waals surface area contributed by atoms with Gasteiger partial charge in [-0.3, -0.25) is 0 Å². The maximum atomic E-state index is 6.26. The van der Waals surface area contributed by atoms with E-state index >= 15 is 0 Å². The van der Waals surface area contributed by atoms with Crippen LogP contribution in [0.5, 0.6) is 0 Å². The molecule has 2 rings (SSSR count). The molecule has 0 unspecified atom stereocenters. The van der Waals surface area contributed by atoms with Crippen molar-refractivity contribution >= 4 is 29.0 Å². The van der Waals surface area contributed by atoms with E-state index in [2.05, 4.69) is 9.88 Å². The van der Waals surface area contributed by atoms with Gasteiger partial charge in [0.05, 0.1) is 10.0 Å². The number of rotatable bonds is 5. The molecular formula is C13H19Cl2N3. The van der Waals surface area contributed by atoms with E-state index < -0.39 is 0 Å². The number of hydrogen-bond acceptors (Lipinski definition) is 3. The molecule has 1 heterocycles. The Hall–Kier alpha value is -0.510. The van der Waals surface area contributed by atoms with Gasteiger partial charge in [-0.15, -0.1) is 0 Å². The average molecular weight is 288 g/mol. The highest BCUT2D eigenvalue weighted by molar-refractivity contribution is 6.36. The highest BCUT2D eigenvalue weighted by atomic mass is 35.5. The van der Waals surface area contributed by atoms with Gasteiger partial charge in [0.25, 0.3) is 0 Å². The molecule has 3 nitrogen and oxygen atoms in total. The molecule has 0 aromatic carbocycles. The molecule has 0 aliphatic heterocycles. The van der Waals surface area contributed by atoms with Crippen LogP contribution in [-0.4, -0.2) is 24.1 Å². The molecule has 0 amide bonds. The van der Waals surface area contributed by atoms with Gasteiger partial charge in [-0.1, -0.05) is 36.0 Å². The topological polar surface area (TPSA) is 42.1 Å². The quantitative estimate of drug-likeness (QED) is 0.901. The third kappa shape index (κ3) is 3.28. The molecule has 1 aromatic rings. The zero-order valence-electron chi connectivity index (χ0n) is 10.4. The Morgan fingerprint density at radius 2 is 2.06 bits per heavy atom. The van der Waals surface area contributed by atoms with Gasteiger partial charge in [0.1, 0.15) is 5.82 Å². The number of hydrogen-bond donors (Lipinski definition) is 1. The highest BCUT2D eigenvalue weighted by Crippen LogP contribution is 2.32. The Morgan fingerprint density at radius 3 is 2.67 bits per heavy atom. The first-order chi connectivity index (χ1) is 8.72. The Bertz CT molecular complexity index is 392. The Kier molecular flexibility index (Phi) is 5.10. The van der Waals surface area contributed by atoms with Crippen LogP contribution >= 0.6 is 23.2 Å². The van der Waals surface area contributed by atoms with E-state index in [1.54, 1.807) is 12.3 Å². The highest BCUT2D eigenvalue weighted by Gasteiger charge is 2.24. The summed E-state index contributed by atoms with van der Waals surface area (Å²) in [6.45, 7) is 1.60. The van der Waals surface area contributed by atoms with Gasteiger partial charge in [-0.05, 0) is 31.9 Å². The lowest BCUT2D eigenvalue weighted by atomic mass is 10.2. The number of anilines is 1. The molecule has 0 spiro atoms. The maximum absolute atomic E-state index is 6.26. The summed E-state index contributed by atoms with van der Waals surface area (Å²) in [7, 11) is 0. The van der Waals surface area contributed by atoms with Crippen LogP contribution in [0.3, 0.4) is 0 Å². The lowest BCUT2D eigenvalue weighted by molar-refractivity contribution is 0.587. The predicted octanol–water partition coefficient (Wildman–Crippen LogP) is 3.49. The molecule has 0 bridgehead atoms. The first-order valence-electron chi connectivity index (χ1n) is 6.50. The summed E-state index contributed by atoms with van der Waals surface area (Å²) in [6.07, 6.45) is 7.62. The van der Waals surface area contributed by atoms with E-state index in [9.17, 15) is 0 Å². The minimum absolute atomic E-state index is 0.544. The fraction of sp³-hybridized carbons (Fsp3) is 0.615. The molecule has 5 heteroatoms. The van der Waals surface area contributed by atoms with Crippen LogP contribution in [0.2, 0.25) is 10.0 Å². The van der Waals surface area contributed by atoms with Gasteiger partial charge in [-0.25, -0.2) is 4.98 Å². The van der Waals surface area contributed by atoms with E-state index in [0.717, 1.165) is 18.8 Å². The average Bonchev–Trinajstić information content (AvgIpc) is 2.85. The largest absolute Gasteiger partial charge is 0.352 e. The summed E-state index contributed by atoms with van der Waals surface area (Å²) in [5.41, 5.74) is 5.61. The first kappa shape index (κ1) is 13.9. The maximum Gasteiger partial charge on any atom is 0.147 e. The Labute approximate surface area is 118 Å². The minimum Gasteiger partial charge on any atom is -0.352 e. The van der Waals surface area contributed by atoms with Gasteiger partial charge in [-0.2, -0.15) is 0 Å². The molecule has 1 aliphatic carbocycles. The Morgan fingerprint density at radius 1 is 1.33 bits per heavy atom. The number of aromatic nitrogens is 1. The normalized spacial score (nSPS) is 16.2. The van der Waals surface area contributed by atoms with E-state index in [1.807, 2.05) is 0 Å². The van der Waals surface area contributed by atoms with Crippen molar-refractivity contribution < 1.29 is 0 Å². The second-order valence-electron chi connectivity index (χ2n) is 4.73. The number of nitrogens with two attached hydrogens (primary N) is 1. The summed E-state index contributed by atoms with van der Waals surface area (Å²) in [6, 6.07) is 2.30. The second-order valence-corrected chi connectivity index (χ2v) is 5.58. The monoisotopic (exact) mass is 287 g/mol. The predicted molar refractivity (Wildman–Crippen MR) is 77.5 cm³/mol. The molecular weight excluding hydrogens is 269 g/mol. The van der Waals surface area contributed by atoms with E-state index in [0.29, 0.717) is 22.6 Å². The third-order valence-electron chi connectivity index (χ3n) is 3.43. The van der Waals surface area contributed by atoms with Crippen LogP contribution in [0.4, 0.5) is 5.82 Å². The van der Waals surface area contributed by atoms with Crippen LogP contribution in [-0.2, 0) is 0 Å². The molecule has 1 fully saturated rings. The van der Waals surface area contributed by atoms with Crippen LogP contribution < -0.4 is 10.6 Å². The summed E-state index contributed by atoms with van der Waals surface area (Å²) >= 11 is 12.2. The first-order valence-corrected chi connectivity index (χ1v) is 7.25. The smallest absolute Gasteiger partial charge is 0.147 e. The van der Waals surface area contributed by atoms with Crippen molar-refractivity contribution in [2.24, 2.45) is 5.73 Å². The van der Waals surface area contributed by atoms with E-state index in [-0.39, 0.29) is 0 Å². The number of pyridine rings is 1. The van der Waals surface area contributed by atoms with Crippen LogP contribution in [0.15, 0.2) is 12.3 Å². The molecule has 0 atom stereocenters. The van der Waals surface area contributed by atoms with Gasteiger partial charge >= 0.3 is 0 Å². The standard InChI is InChI=1S/C13H19Cl2N3/c14-10-8-12(15)13(17-9-10)18(7-3-6-16)11-4-1-2-5-11/h8-9,11H,1-7,16H2.